The van der Waals surface area contributed by atoms with Crippen LogP contribution in [0.5, 0.6) is 0 Å². The number of hydrogen-bond donors (Lipinski definition) is 1. The quantitative estimate of drug-likeness (QED) is 0.919. The van der Waals surface area contributed by atoms with E-state index in [9.17, 15) is 9.18 Å². The molecule has 2 aromatic rings. The fourth-order valence-electron chi connectivity index (χ4n) is 2.63. The number of rotatable bonds is 3. The maximum atomic E-state index is 13.0. The summed E-state index contributed by atoms with van der Waals surface area (Å²) in [5, 5.41) is 3.85. The molecule has 1 heterocycles. The monoisotopic (exact) mass is 318 g/mol. The highest BCUT2D eigenvalue weighted by Gasteiger charge is 2.31. The van der Waals surface area contributed by atoms with Crippen LogP contribution in [0.2, 0.25) is 5.02 Å². The predicted octanol–water partition coefficient (Wildman–Crippen LogP) is 4.22. The highest BCUT2D eigenvalue weighted by atomic mass is 35.5. The molecule has 0 radical (unpaired) electrons. The number of nitrogens with one attached hydrogen (secondary N) is 1. The molecule has 1 atom stereocenters. The Morgan fingerprint density at radius 3 is 2.64 bits per heavy atom. The van der Waals surface area contributed by atoms with E-state index in [-0.39, 0.29) is 17.8 Å². The first-order valence-electron chi connectivity index (χ1n) is 7.20. The van der Waals surface area contributed by atoms with Crippen molar-refractivity contribution in [1.82, 2.24) is 0 Å². The number of carbonyl (C=O) groups excluding carboxylic acids is 1. The number of amides is 1. The summed E-state index contributed by atoms with van der Waals surface area (Å²) >= 11 is 6.04. The molecule has 0 aromatic heterocycles. The molecule has 0 bridgehead atoms. The Balaban J connectivity index is 1.97. The number of carbonyl (C=O) groups is 1. The first kappa shape index (κ1) is 14.9. The lowest BCUT2D eigenvalue weighted by molar-refractivity contribution is -0.119. The largest absolute Gasteiger partial charge is 0.372 e. The Morgan fingerprint density at radius 2 is 1.95 bits per heavy atom. The van der Waals surface area contributed by atoms with Crippen LogP contribution in [0.4, 0.5) is 15.8 Å². The molecule has 1 unspecified atom stereocenters. The molecule has 1 aliphatic heterocycles. The summed E-state index contributed by atoms with van der Waals surface area (Å²) in [5.41, 5.74) is 2.52. The second kappa shape index (κ2) is 5.97. The third-order valence-corrected chi connectivity index (χ3v) is 4.04. The average Bonchev–Trinajstić information content (AvgIpc) is 2.51. The molecule has 3 rings (SSSR count). The minimum Gasteiger partial charge on any atom is -0.372 e. The van der Waals surface area contributed by atoms with E-state index in [1.165, 1.54) is 12.1 Å². The highest BCUT2D eigenvalue weighted by molar-refractivity contribution is 6.31. The van der Waals surface area contributed by atoms with E-state index in [0.29, 0.717) is 18.0 Å². The van der Waals surface area contributed by atoms with E-state index in [4.69, 9.17) is 11.6 Å². The Labute approximate surface area is 133 Å². The standard InChI is InChI=1S/C17H16ClFN2O/c1-2-14-17(22)21(10-11-3-6-13(19)7-4-11)16-8-5-12(18)9-15(16)20-14/h3-9,14,20H,2,10H2,1H3. The summed E-state index contributed by atoms with van der Waals surface area (Å²) in [4.78, 5) is 14.4. The zero-order chi connectivity index (χ0) is 15.7. The van der Waals surface area contributed by atoms with Crippen molar-refractivity contribution < 1.29 is 9.18 Å². The van der Waals surface area contributed by atoms with Crippen molar-refractivity contribution in [2.75, 3.05) is 10.2 Å². The molecular formula is C17H16ClFN2O. The van der Waals surface area contributed by atoms with Gasteiger partial charge in [-0.3, -0.25) is 4.79 Å². The second-order valence-electron chi connectivity index (χ2n) is 5.32. The van der Waals surface area contributed by atoms with Gasteiger partial charge in [-0.2, -0.15) is 0 Å². The molecule has 1 N–H and O–H groups in total. The van der Waals surface area contributed by atoms with Gasteiger partial charge >= 0.3 is 0 Å². The van der Waals surface area contributed by atoms with Gasteiger partial charge in [0.15, 0.2) is 0 Å². The third kappa shape index (κ3) is 2.79. The minimum atomic E-state index is -0.283. The Kier molecular flexibility index (Phi) is 4.03. The summed E-state index contributed by atoms with van der Waals surface area (Å²) in [6.07, 6.45) is 0.685. The maximum Gasteiger partial charge on any atom is 0.249 e. The molecule has 0 fully saturated rings. The van der Waals surface area contributed by atoms with Crippen molar-refractivity contribution in [1.29, 1.82) is 0 Å². The number of fused-ring (bicyclic) bond motifs is 1. The van der Waals surface area contributed by atoms with Crippen LogP contribution < -0.4 is 10.2 Å². The van der Waals surface area contributed by atoms with E-state index in [1.807, 2.05) is 19.1 Å². The van der Waals surface area contributed by atoms with Crippen LogP contribution >= 0.6 is 11.6 Å². The van der Waals surface area contributed by atoms with Crippen LogP contribution in [-0.4, -0.2) is 11.9 Å². The van der Waals surface area contributed by atoms with Crippen molar-refractivity contribution in [3.05, 3.63) is 58.9 Å². The second-order valence-corrected chi connectivity index (χ2v) is 5.75. The molecule has 3 nitrogen and oxygen atoms in total. The van der Waals surface area contributed by atoms with Crippen LogP contribution in [-0.2, 0) is 11.3 Å². The molecule has 2 aromatic carbocycles. The molecule has 1 aliphatic rings. The number of hydrogen-bond acceptors (Lipinski definition) is 2. The molecule has 5 heteroatoms. The lowest BCUT2D eigenvalue weighted by atomic mass is 10.1. The molecule has 22 heavy (non-hydrogen) atoms. The van der Waals surface area contributed by atoms with Crippen molar-refractivity contribution in [3.63, 3.8) is 0 Å². The van der Waals surface area contributed by atoms with Gasteiger partial charge in [0, 0.05) is 5.02 Å². The van der Waals surface area contributed by atoms with E-state index in [2.05, 4.69) is 5.32 Å². The summed E-state index contributed by atoms with van der Waals surface area (Å²) < 4.78 is 13.0. The van der Waals surface area contributed by atoms with Crippen molar-refractivity contribution in [2.24, 2.45) is 0 Å². The van der Waals surface area contributed by atoms with Crippen molar-refractivity contribution in [2.45, 2.75) is 25.9 Å². The number of halogens is 2. The molecule has 0 aliphatic carbocycles. The van der Waals surface area contributed by atoms with Gasteiger partial charge in [0.25, 0.3) is 0 Å². The summed E-state index contributed by atoms with van der Waals surface area (Å²) in [7, 11) is 0. The molecule has 114 valence electrons. The normalized spacial score (nSPS) is 17.1. The topological polar surface area (TPSA) is 32.3 Å². The highest BCUT2D eigenvalue weighted by Crippen LogP contribution is 2.35. The minimum absolute atomic E-state index is 0.0154. The Bertz CT molecular complexity index is 702. The fourth-order valence-corrected chi connectivity index (χ4v) is 2.80. The first-order valence-corrected chi connectivity index (χ1v) is 7.58. The Morgan fingerprint density at radius 1 is 1.23 bits per heavy atom. The van der Waals surface area contributed by atoms with E-state index >= 15 is 0 Å². The van der Waals surface area contributed by atoms with Gasteiger partial charge < -0.3 is 10.2 Å². The lowest BCUT2D eigenvalue weighted by Gasteiger charge is -2.35. The number of benzene rings is 2. The fraction of sp³-hybridized carbons (Fsp3) is 0.235. The molecule has 0 saturated heterocycles. The van der Waals surface area contributed by atoms with Gasteiger partial charge in [-0.15, -0.1) is 0 Å². The molecule has 0 saturated carbocycles. The van der Waals surface area contributed by atoms with Gasteiger partial charge in [-0.1, -0.05) is 30.7 Å². The van der Waals surface area contributed by atoms with Crippen LogP contribution in [0.15, 0.2) is 42.5 Å². The summed E-state index contributed by atoms with van der Waals surface area (Å²) in [5.74, 6) is -0.268. The number of anilines is 2. The van der Waals surface area contributed by atoms with Crippen LogP contribution in [0.3, 0.4) is 0 Å². The first-order chi connectivity index (χ1) is 10.6. The van der Waals surface area contributed by atoms with E-state index in [1.54, 1.807) is 23.1 Å². The Hall–Kier alpha value is -2.07. The summed E-state index contributed by atoms with van der Waals surface area (Å²) in [6, 6.07) is 11.3. The average molecular weight is 319 g/mol. The maximum absolute atomic E-state index is 13.0. The SMILES string of the molecule is CCC1Nc2cc(Cl)ccc2N(Cc2ccc(F)cc2)C1=O. The van der Waals surface area contributed by atoms with E-state index in [0.717, 1.165) is 16.9 Å². The zero-order valence-corrected chi connectivity index (χ0v) is 12.9. The van der Waals surface area contributed by atoms with Gasteiger partial charge in [0.05, 0.1) is 17.9 Å². The molecular weight excluding hydrogens is 303 g/mol. The summed E-state index contributed by atoms with van der Waals surface area (Å²) in [6.45, 7) is 2.37. The van der Waals surface area contributed by atoms with E-state index < -0.39 is 0 Å². The van der Waals surface area contributed by atoms with Gasteiger partial charge in [-0.25, -0.2) is 4.39 Å². The van der Waals surface area contributed by atoms with Gasteiger partial charge in [0.2, 0.25) is 5.91 Å². The molecule has 1 amide bonds. The van der Waals surface area contributed by atoms with Crippen molar-refractivity contribution >= 4 is 28.9 Å². The zero-order valence-electron chi connectivity index (χ0n) is 12.1. The predicted molar refractivity (Wildman–Crippen MR) is 86.7 cm³/mol. The van der Waals surface area contributed by atoms with Crippen LogP contribution in [0, 0.1) is 5.82 Å². The van der Waals surface area contributed by atoms with Gasteiger partial charge in [0.1, 0.15) is 11.9 Å². The van der Waals surface area contributed by atoms with Gasteiger partial charge in [-0.05, 0) is 42.3 Å². The van der Waals surface area contributed by atoms with Crippen LogP contribution in [0.1, 0.15) is 18.9 Å². The lowest BCUT2D eigenvalue weighted by Crippen LogP contribution is -2.46. The molecule has 0 spiro atoms. The smallest absolute Gasteiger partial charge is 0.249 e. The number of nitrogens with zero attached hydrogens (tertiary/aromatic N) is 1. The van der Waals surface area contributed by atoms with Crippen LogP contribution in [0.25, 0.3) is 0 Å². The van der Waals surface area contributed by atoms with Crippen molar-refractivity contribution in [3.8, 4) is 0 Å². The third-order valence-electron chi connectivity index (χ3n) is 3.81.